The number of carbonyl (C=O) groups excluding carboxylic acids is 1. The molecule has 0 bridgehead atoms. The summed E-state index contributed by atoms with van der Waals surface area (Å²) in [6.45, 7) is 9.67. The average molecular weight is 570 g/mol. The van der Waals surface area contributed by atoms with Crippen molar-refractivity contribution < 1.29 is 27.9 Å². The Hall–Kier alpha value is -3.50. The molecule has 214 valence electrons. The van der Waals surface area contributed by atoms with Crippen molar-refractivity contribution in [1.29, 1.82) is 0 Å². The van der Waals surface area contributed by atoms with Crippen LogP contribution in [0.15, 0.2) is 54.6 Å². The van der Waals surface area contributed by atoms with Gasteiger partial charge in [-0.25, -0.2) is 14.5 Å². The van der Waals surface area contributed by atoms with Crippen molar-refractivity contribution >= 4 is 41.5 Å². The number of benzene rings is 2. The van der Waals surface area contributed by atoms with Gasteiger partial charge in [-0.2, -0.15) is 5.09 Å². The molecule has 40 heavy (non-hydrogen) atoms. The quantitative estimate of drug-likeness (QED) is 0.163. The number of nitrogens with two attached hydrogens (primary N) is 1. The maximum atomic E-state index is 14.1. The van der Waals surface area contributed by atoms with Gasteiger partial charge in [-0.05, 0) is 52.8 Å². The van der Waals surface area contributed by atoms with Gasteiger partial charge in [0.15, 0.2) is 5.82 Å². The summed E-state index contributed by atoms with van der Waals surface area (Å²) >= 11 is 0. The molecule has 2 aromatic carbocycles. The molecule has 4 rings (SSSR count). The van der Waals surface area contributed by atoms with Gasteiger partial charge >= 0.3 is 13.7 Å². The number of aromatic nitrogens is 3. The van der Waals surface area contributed by atoms with E-state index in [2.05, 4.69) is 10.1 Å². The second kappa shape index (κ2) is 12.8. The van der Waals surface area contributed by atoms with Crippen molar-refractivity contribution in [2.24, 2.45) is 0 Å². The van der Waals surface area contributed by atoms with E-state index in [1.807, 2.05) is 41.8 Å². The van der Waals surface area contributed by atoms with Crippen molar-refractivity contribution in [3.8, 4) is 5.75 Å². The van der Waals surface area contributed by atoms with E-state index in [1.165, 1.54) is 0 Å². The minimum Gasteiger partial charge on any atom is -0.462 e. The number of pyridine rings is 1. The molecule has 3 N–H and O–H groups in total. The normalized spacial score (nSPS) is 14.8. The van der Waals surface area contributed by atoms with Crippen molar-refractivity contribution in [1.82, 2.24) is 19.6 Å². The number of fused-ring (bicyclic) bond motifs is 3. The Morgan fingerprint density at radius 1 is 1.05 bits per heavy atom. The zero-order valence-electron chi connectivity index (χ0n) is 23.4. The minimum absolute atomic E-state index is 0.236. The van der Waals surface area contributed by atoms with Gasteiger partial charge in [-0.15, -0.1) is 0 Å². The van der Waals surface area contributed by atoms with E-state index in [-0.39, 0.29) is 19.3 Å². The largest absolute Gasteiger partial charge is 0.462 e. The summed E-state index contributed by atoms with van der Waals surface area (Å²) in [7, 11) is -4.08. The van der Waals surface area contributed by atoms with Crippen LogP contribution in [-0.4, -0.2) is 45.4 Å². The highest BCUT2D eigenvalue weighted by Crippen LogP contribution is 2.46. The minimum atomic E-state index is -4.08. The number of carbonyl (C=O) groups is 1. The van der Waals surface area contributed by atoms with E-state index >= 15 is 0 Å². The van der Waals surface area contributed by atoms with E-state index in [0.29, 0.717) is 29.5 Å². The lowest BCUT2D eigenvalue weighted by atomic mass is 10.2. The van der Waals surface area contributed by atoms with Gasteiger partial charge in [0.25, 0.3) is 0 Å². The highest BCUT2D eigenvalue weighted by Gasteiger charge is 2.35. The van der Waals surface area contributed by atoms with Gasteiger partial charge in [0, 0.05) is 12.0 Å². The molecule has 0 radical (unpaired) electrons. The maximum absolute atomic E-state index is 14.1. The van der Waals surface area contributed by atoms with Crippen molar-refractivity contribution in [2.75, 3.05) is 12.3 Å². The maximum Gasteiger partial charge on any atom is 0.459 e. The summed E-state index contributed by atoms with van der Waals surface area (Å²) in [6.07, 6.45) is -0.998. The van der Waals surface area contributed by atoms with Gasteiger partial charge in [0.05, 0.1) is 29.8 Å². The molecule has 0 unspecified atom stereocenters. The molecule has 2 heterocycles. The second-order valence-electron chi connectivity index (χ2n) is 9.64. The zero-order chi connectivity index (χ0) is 28.9. The Kier molecular flexibility index (Phi) is 9.42. The second-order valence-corrected chi connectivity index (χ2v) is 11.3. The molecular weight excluding hydrogens is 533 g/mol. The fraction of sp³-hybridized carbons (Fsp3) is 0.393. The van der Waals surface area contributed by atoms with E-state index in [9.17, 15) is 9.36 Å². The number of rotatable bonds is 13. The predicted molar refractivity (Wildman–Crippen MR) is 154 cm³/mol. The van der Waals surface area contributed by atoms with Crippen molar-refractivity contribution in [3.05, 3.63) is 60.4 Å². The number of para-hydroxylation sites is 2. The van der Waals surface area contributed by atoms with Crippen LogP contribution in [0.4, 0.5) is 5.82 Å². The van der Waals surface area contributed by atoms with Crippen LogP contribution in [0.1, 0.15) is 40.4 Å². The molecule has 0 aliphatic heterocycles. The van der Waals surface area contributed by atoms with Crippen LogP contribution in [0.25, 0.3) is 21.9 Å². The lowest BCUT2D eigenvalue weighted by Gasteiger charge is -2.26. The number of ether oxygens (including phenoxy) is 2. The van der Waals surface area contributed by atoms with Gasteiger partial charge in [0.1, 0.15) is 29.7 Å². The monoisotopic (exact) mass is 569 g/mol. The van der Waals surface area contributed by atoms with Gasteiger partial charge in [0.2, 0.25) is 0 Å². The first kappa shape index (κ1) is 29.5. The summed E-state index contributed by atoms with van der Waals surface area (Å²) in [6, 6.07) is 15.3. The van der Waals surface area contributed by atoms with E-state index in [1.54, 1.807) is 52.0 Å². The molecule has 0 aliphatic carbocycles. The fourth-order valence-electron chi connectivity index (χ4n) is 4.26. The summed E-state index contributed by atoms with van der Waals surface area (Å²) < 4.78 is 38.9. The number of esters is 1. The van der Waals surface area contributed by atoms with Crippen LogP contribution in [0, 0.1) is 0 Å². The van der Waals surface area contributed by atoms with Crippen molar-refractivity contribution in [3.63, 3.8) is 0 Å². The molecule has 0 saturated carbocycles. The van der Waals surface area contributed by atoms with Gasteiger partial charge < -0.3 is 24.3 Å². The van der Waals surface area contributed by atoms with Crippen LogP contribution in [-0.2, 0) is 36.5 Å². The first-order valence-electron chi connectivity index (χ1n) is 13.2. The van der Waals surface area contributed by atoms with Crippen LogP contribution in [0.2, 0.25) is 0 Å². The standard InChI is InChI=1S/C28H36N5O6P/c1-6-36-17-24-31-25-26(22-14-10-11-15-23(22)30-27(25)29)33(24)16-19(4)38-40(35,39-21-12-8-7-9-13-21)32-20(5)28(34)37-18(2)3/h7-15,18-20H,6,16-17H2,1-5H3,(H2,29,30)(H,32,35)/t19-,20+,40+/m0/s1. The van der Waals surface area contributed by atoms with Crippen molar-refractivity contribution in [2.45, 2.75) is 66.0 Å². The zero-order valence-corrected chi connectivity index (χ0v) is 24.3. The summed E-state index contributed by atoms with van der Waals surface area (Å²) in [5, 5.41) is 3.60. The van der Waals surface area contributed by atoms with Crippen LogP contribution in [0.3, 0.4) is 0 Å². The molecule has 0 saturated heterocycles. The Morgan fingerprint density at radius 3 is 2.45 bits per heavy atom. The summed E-state index contributed by atoms with van der Waals surface area (Å²) in [5.41, 5.74) is 8.34. The number of hydrogen-bond acceptors (Lipinski definition) is 9. The molecular formula is C28H36N5O6P. The highest BCUT2D eigenvalue weighted by molar-refractivity contribution is 7.52. The van der Waals surface area contributed by atoms with Gasteiger partial charge in [-0.3, -0.25) is 9.32 Å². The lowest BCUT2D eigenvalue weighted by Crippen LogP contribution is -2.37. The molecule has 2 aromatic heterocycles. The fourth-order valence-corrected chi connectivity index (χ4v) is 5.93. The predicted octanol–water partition coefficient (Wildman–Crippen LogP) is 5.23. The Balaban J connectivity index is 1.68. The van der Waals surface area contributed by atoms with E-state index in [4.69, 9.17) is 29.2 Å². The topological polar surface area (TPSA) is 140 Å². The molecule has 0 aliphatic rings. The molecule has 12 heteroatoms. The molecule has 0 spiro atoms. The third-order valence-corrected chi connectivity index (χ3v) is 7.70. The first-order valence-corrected chi connectivity index (χ1v) is 14.8. The average Bonchev–Trinajstić information content (AvgIpc) is 3.26. The van der Waals surface area contributed by atoms with Gasteiger partial charge in [-0.1, -0.05) is 36.4 Å². The Morgan fingerprint density at radius 2 is 1.75 bits per heavy atom. The smallest absolute Gasteiger partial charge is 0.459 e. The lowest BCUT2D eigenvalue weighted by molar-refractivity contribution is -0.149. The molecule has 0 fully saturated rings. The van der Waals surface area contributed by atoms with Crippen LogP contribution in [0.5, 0.6) is 5.75 Å². The summed E-state index contributed by atoms with van der Waals surface area (Å²) in [5.74, 6) is 0.677. The molecule has 11 nitrogen and oxygen atoms in total. The number of hydrogen-bond donors (Lipinski definition) is 2. The van der Waals surface area contributed by atoms with Crippen LogP contribution >= 0.6 is 7.75 Å². The number of nitrogen functional groups attached to an aromatic ring is 1. The first-order chi connectivity index (χ1) is 19.1. The number of nitrogens with zero attached hydrogens (tertiary/aromatic N) is 3. The third-order valence-electron chi connectivity index (χ3n) is 5.91. The molecule has 3 atom stereocenters. The summed E-state index contributed by atoms with van der Waals surface area (Å²) in [4.78, 5) is 21.8. The number of imidazole rings is 1. The SMILES string of the molecule is CCOCc1nc2c(N)nc3ccccc3c2n1C[C@H](C)O[P@](=O)(N[C@H](C)C(=O)OC(C)C)Oc1ccccc1. The molecule has 4 aromatic rings. The number of nitrogens with one attached hydrogen (secondary N) is 1. The number of anilines is 1. The highest BCUT2D eigenvalue weighted by atomic mass is 31.2. The van der Waals surface area contributed by atoms with Crippen LogP contribution < -0.4 is 15.3 Å². The Bertz CT molecular complexity index is 1510. The van der Waals surface area contributed by atoms with E-state index in [0.717, 1.165) is 16.4 Å². The molecule has 0 amide bonds. The third kappa shape index (κ3) is 6.98. The Labute approximate surface area is 233 Å². The van der Waals surface area contributed by atoms with E-state index < -0.39 is 25.9 Å².